The van der Waals surface area contributed by atoms with E-state index in [9.17, 15) is 10.5 Å². The van der Waals surface area contributed by atoms with Gasteiger partial charge in [0.1, 0.15) is 23.4 Å². The topological polar surface area (TPSA) is 138 Å². The maximum atomic E-state index is 9.41. The smallest absolute Gasteiger partial charge is 0.224 e. The van der Waals surface area contributed by atoms with Crippen LogP contribution in [0.5, 0.6) is 11.6 Å². The van der Waals surface area contributed by atoms with Crippen LogP contribution in [0.3, 0.4) is 0 Å². The highest BCUT2D eigenvalue weighted by Gasteiger charge is 2.26. The van der Waals surface area contributed by atoms with Crippen molar-refractivity contribution < 1.29 is 4.74 Å². The lowest BCUT2D eigenvalue weighted by Gasteiger charge is -2.21. The fraction of sp³-hybridized carbons (Fsp3) is 0.273. The monoisotopic (exact) mass is 412 g/mol. The van der Waals surface area contributed by atoms with Crippen molar-refractivity contribution in [3.8, 4) is 35.2 Å². The summed E-state index contributed by atoms with van der Waals surface area (Å²) in [6.07, 6.45) is 5.06. The third-order valence-electron chi connectivity index (χ3n) is 5.00. The summed E-state index contributed by atoms with van der Waals surface area (Å²) in [6.45, 7) is 2.87. The number of anilines is 1. The van der Waals surface area contributed by atoms with Gasteiger partial charge in [0, 0.05) is 37.1 Å². The Bertz CT molecular complexity index is 1180. The zero-order valence-corrected chi connectivity index (χ0v) is 17.0. The van der Waals surface area contributed by atoms with E-state index in [1.54, 1.807) is 43.6 Å². The lowest BCUT2D eigenvalue weighted by molar-refractivity contribution is 0.460. The highest BCUT2D eigenvalue weighted by Crippen LogP contribution is 2.33. The number of nitrogens with two attached hydrogens (primary N) is 1. The maximum Gasteiger partial charge on any atom is 0.224 e. The number of aromatic nitrogens is 4. The van der Waals surface area contributed by atoms with E-state index in [1.165, 1.54) is 0 Å². The van der Waals surface area contributed by atoms with E-state index in [4.69, 9.17) is 10.5 Å². The number of rotatable bonds is 5. The minimum atomic E-state index is -0.214. The van der Waals surface area contributed by atoms with Crippen molar-refractivity contribution in [3.63, 3.8) is 0 Å². The van der Waals surface area contributed by atoms with Crippen molar-refractivity contribution in [3.05, 3.63) is 53.6 Å². The Hall–Kier alpha value is -4.08. The number of hydrogen-bond acceptors (Lipinski definition) is 9. The number of benzene rings is 1. The van der Waals surface area contributed by atoms with Crippen molar-refractivity contribution in [2.24, 2.45) is 5.73 Å². The normalized spacial score (nSPS) is 15.4. The molecule has 1 aliphatic heterocycles. The van der Waals surface area contributed by atoms with Crippen LogP contribution in [0.2, 0.25) is 0 Å². The zero-order chi connectivity index (χ0) is 21.8. The molecule has 1 fully saturated rings. The van der Waals surface area contributed by atoms with Gasteiger partial charge in [0.15, 0.2) is 5.82 Å². The van der Waals surface area contributed by atoms with Crippen LogP contribution in [0.1, 0.15) is 29.8 Å². The molecule has 0 unspecified atom stereocenters. The summed E-state index contributed by atoms with van der Waals surface area (Å²) >= 11 is 0. The predicted molar refractivity (Wildman–Crippen MR) is 113 cm³/mol. The fourth-order valence-corrected chi connectivity index (χ4v) is 3.47. The molecule has 2 N–H and O–H groups in total. The van der Waals surface area contributed by atoms with E-state index in [0.29, 0.717) is 46.8 Å². The lowest BCUT2D eigenvalue weighted by Crippen LogP contribution is -2.28. The second-order valence-electron chi connectivity index (χ2n) is 7.14. The van der Waals surface area contributed by atoms with E-state index < -0.39 is 0 Å². The molecule has 0 spiro atoms. The third-order valence-corrected chi connectivity index (χ3v) is 5.00. The van der Waals surface area contributed by atoms with E-state index in [0.717, 1.165) is 24.9 Å². The van der Waals surface area contributed by atoms with Crippen LogP contribution in [0, 0.1) is 29.6 Å². The maximum absolute atomic E-state index is 9.41. The van der Waals surface area contributed by atoms with Crippen molar-refractivity contribution in [2.45, 2.75) is 32.4 Å². The molecule has 31 heavy (non-hydrogen) atoms. The van der Waals surface area contributed by atoms with Gasteiger partial charge in [-0.25, -0.2) is 15.0 Å². The van der Waals surface area contributed by atoms with Gasteiger partial charge >= 0.3 is 0 Å². The van der Waals surface area contributed by atoms with Crippen LogP contribution in [-0.4, -0.2) is 32.5 Å². The van der Waals surface area contributed by atoms with Crippen molar-refractivity contribution in [1.29, 1.82) is 10.5 Å². The summed E-state index contributed by atoms with van der Waals surface area (Å²) in [5.74, 6) is 2.35. The molecule has 0 amide bonds. The zero-order valence-electron chi connectivity index (χ0n) is 17.0. The molecule has 1 saturated heterocycles. The molecule has 1 aliphatic rings. The second kappa shape index (κ2) is 8.74. The Kier molecular flexibility index (Phi) is 5.69. The van der Waals surface area contributed by atoms with Crippen LogP contribution >= 0.6 is 0 Å². The van der Waals surface area contributed by atoms with Gasteiger partial charge in [-0.05, 0) is 38.0 Å². The van der Waals surface area contributed by atoms with Crippen molar-refractivity contribution >= 4 is 5.82 Å². The molecule has 3 aromatic rings. The molecule has 0 saturated carbocycles. The number of nitriles is 2. The molecular weight excluding hydrogens is 392 g/mol. The molecule has 0 aliphatic carbocycles. The van der Waals surface area contributed by atoms with Crippen LogP contribution < -0.4 is 15.4 Å². The quantitative estimate of drug-likeness (QED) is 0.670. The van der Waals surface area contributed by atoms with E-state index >= 15 is 0 Å². The minimum absolute atomic E-state index is 0.214. The summed E-state index contributed by atoms with van der Waals surface area (Å²) in [7, 11) is 0. The largest absolute Gasteiger partial charge is 0.438 e. The van der Waals surface area contributed by atoms with Gasteiger partial charge in [0.05, 0.1) is 23.3 Å². The average Bonchev–Trinajstić information content (AvgIpc) is 3.28. The molecule has 1 aromatic carbocycles. The molecule has 4 rings (SSSR count). The summed E-state index contributed by atoms with van der Waals surface area (Å²) in [5.41, 5.74) is 7.50. The molecule has 2 aromatic heterocycles. The van der Waals surface area contributed by atoms with E-state index in [-0.39, 0.29) is 6.04 Å². The van der Waals surface area contributed by atoms with Crippen molar-refractivity contribution in [1.82, 2.24) is 19.9 Å². The molecule has 9 heteroatoms. The van der Waals surface area contributed by atoms with Gasteiger partial charge in [-0.1, -0.05) is 0 Å². The van der Waals surface area contributed by atoms with Crippen LogP contribution in [0.4, 0.5) is 5.82 Å². The number of hydrogen-bond donors (Lipinski definition) is 1. The van der Waals surface area contributed by atoms with Gasteiger partial charge < -0.3 is 15.4 Å². The number of nitrogens with zero attached hydrogens (tertiary/aromatic N) is 7. The summed E-state index contributed by atoms with van der Waals surface area (Å²) in [5, 5.41) is 18.7. The first-order valence-electron chi connectivity index (χ1n) is 9.86. The Morgan fingerprint density at radius 3 is 2.71 bits per heavy atom. The molecule has 3 heterocycles. The molecule has 0 bridgehead atoms. The van der Waals surface area contributed by atoms with Gasteiger partial charge in [0.25, 0.3) is 0 Å². The Labute approximate surface area is 179 Å². The van der Waals surface area contributed by atoms with Crippen LogP contribution in [0.15, 0.2) is 36.7 Å². The van der Waals surface area contributed by atoms with E-state index in [2.05, 4.69) is 32.1 Å². The predicted octanol–water partition coefficient (Wildman–Crippen LogP) is 2.86. The van der Waals surface area contributed by atoms with Crippen LogP contribution in [0.25, 0.3) is 11.4 Å². The van der Waals surface area contributed by atoms with Gasteiger partial charge in [0.2, 0.25) is 5.88 Å². The fourth-order valence-electron chi connectivity index (χ4n) is 3.47. The van der Waals surface area contributed by atoms with Gasteiger partial charge in [-0.2, -0.15) is 15.5 Å². The third kappa shape index (κ3) is 4.27. The SMILES string of the molecule is Cc1nc(Oc2cc(C#N)ccc2-c2ncc(CN)cn2)cc(N2CCC[C@H]2C#N)n1. The highest BCUT2D eigenvalue weighted by molar-refractivity contribution is 5.66. The number of ether oxygens (including phenoxy) is 1. The van der Waals surface area contributed by atoms with Crippen LogP contribution in [-0.2, 0) is 6.54 Å². The first-order valence-corrected chi connectivity index (χ1v) is 9.86. The Morgan fingerprint density at radius 2 is 2.00 bits per heavy atom. The second-order valence-corrected chi connectivity index (χ2v) is 7.14. The average molecular weight is 412 g/mol. The molecule has 9 nitrogen and oxygen atoms in total. The Morgan fingerprint density at radius 1 is 1.19 bits per heavy atom. The lowest BCUT2D eigenvalue weighted by atomic mass is 10.1. The van der Waals surface area contributed by atoms with Gasteiger partial charge in [-0.15, -0.1) is 0 Å². The molecule has 1 atom stereocenters. The summed E-state index contributed by atoms with van der Waals surface area (Å²) in [4.78, 5) is 19.6. The standard InChI is InChI=1S/C22H20N8O/c1-14-28-20(30-6-2-3-17(30)11-25)8-21(29-14)31-19-7-15(9-23)4-5-18(19)22-26-12-16(10-24)13-27-22/h4-5,7-8,12-13,17H,2-3,6,10,24H2,1H3/t17-/m0/s1. The van der Waals surface area contributed by atoms with E-state index in [1.807, 2.05) is 4.90 Å². The minimum Gasteiger partial charge on any atom is -0.438 e. The summed E-state index contributed by atoms with van der Waals surface area (Å²) in [6, 6.07) is 11.0. The van der Waals surface area contributed by atoms with Gasteiger partial charge in [-0.3, -0.25) is 0 Å². The molecule has 154 valence electrons. The highest BCUT2D eigenvalue weighted by atomic mass is 16.5. The first-order chi connectivity index (χ1) is 15.1. The molecule has 0 radical (unpaired) electrons. The molecular formula is C22H20N8O. The first kappa shape index (κ1) is 20.2. The Balaban J connectivity index is 1.72. The number of aryl methyl sites for hydroxylation is 1. The summed E-state index contributed by atoms with van der Waals surface area (Å²) < 4.78 is 6.10. The van der Waals surface area contributed by atoms with Crippen molar-refractivity contribution in [2.75, 3.05) is 11.4 Å².